The second-order valence-electron chi connectivity index (χ2n) is 9.27. The first kappa shape index (κ1) is 20.6. The van der Waals surface area contributed by atoms with Crippen molar-refractivity contribution < 1.29 is 0 Å². The van der Waals surface area contributed by atoms with Crippen molar-refractivity contribution in [2.24, 2.45) is 11.8 Å². The average molecular weight is 371 g/mol. The first-order valence-corrected chi connectivity index (χ1v) is 11.9. The van der Waals surface area contributed by atoms with E-state index >= 15 is 0 Å². The number of nitrogens with two attached hydrogens (primary N) is 1. The maximum atomic E-state index is 5.96. The van der Waals surface area contributed by atoms with Crippen LogP contribution >= 0.6 is 0 Å². The molecule has 2 fully saturated rings. The fourth-order valence-corrected chi connectivity index (χ4v) is 5.92. The Morgan fingerprint density at radius 3 is 1.89 bits per heavy atom. The quantitative estimate of drug-likeness (QED) is 0.348. The fourth-order valence-electron chi connectivity index (χ4n) is 5.92. The Balaban J connectivity index is 1.86. The predicted molar refractivity (Wildman–Crippen MR) is 119 cm³/mol. The molecule has 3 rings (SSSR count). The molecule has 2 saturated carbocycles. The van der Waals surface area contributed by atoms with E-state index in [4.69, 9.17) is 5.73 Å². The minimum Gasteiger partial charge on any atom is -0.399 e. The van der Waals surface area contributed by atoms with Crippen LogP contribution in [0.4, 0.5) is 11.4 Å². The molecule has 2 heteroatoms. The highest BCUT2D eigenvalue weighted by molar-refractivity contribution is 5.53. The van der Waals surface area contributed by atoms with Gasteiger partial charge in [0.1, 0.15) is 0 Å². The van der Waals surface area contributed by atoms with Crippen molar-refractivity contribution in [3.8, 4) is 0 Å². The Morgan fingerprint density at radius 1 is 0.815 bits per heavy atom. The maximum Gasteiger partial charge on any atom is 0.0429 e. The molecule has 27 heavy (non-hydrogen) atoms. The summed E-state index contributed by atoms with van der Waals surface area (Å²) in [5.74, 6) is 1.68. The molecule has 0 heterocycles. The van der Waals surface area contributed by atoms with Crippen LogP contribution in [0.3, 0.4) is 0 Å². The molecule has 1 aromatic rings. The summed E-state index contributed by atoms with van der Waals surface area (Å²) in [5, 5.41) is 4.18. The van der Waals surface area contributed by atoms with E-state index in [1.807, 2.05) is 0 Å². The third-order valence-corrected chi connectivity index (χ3v) is 7.40. The minimum atomic E-state index is 0.296. The molecular weight excluding hydrogens is 328 g/mol. The van der Waals surface area contributed by atoms with Gasteiger partial charge in [-0.3, -0.25) is 0 Å². The Bertz CT molecular complexity index is 506. The first-order valence-electron chi connectivity index (χ1n) is 11.9. The smallest absolute Gasteiger partial charge is 0.0429 e. The lowest BCUT2D eigenvalue weighted by molar-refractivity contribution is 0.112. The zero-order valence-corrected chi connectivity index (χ0v) is 17.6. The van der Waals surface area contributed by atoms with Crippen molar-refractivity contribution in [2.75, 3.05) is 11.1 Å². The van der Waals surface area contributed by atoms with E-state index in [0.29, 0.717) is 5.54 Å². The molecule has 1 aromatic carbocycles. The Hall–Kier alpha value is -1.18. The zero-order valence-electron chi connectivity index (χ0n) is 17.6. The summed E-state index contributed by atoms with van der Waals surface area (Å²) in [6, 6.07) is 8.54. The number of rotatable bonds is 9. The van der Waals surface area contributed by atoms with Crippen LogP contribution in [0.5, 0.6) is 0 Å². The lowest BCUT2D eigenvalue weighted by Gasteiger charge is -2.51. The fraction of sp³-hybridized carbons (Fsp3) is 0.760. The molecule has 0 spiro atoms. The molecule has 0 aromatic heterocycles. The molecular formula is C25H42N2. The van der Waals surface area contributed by atoms with Crippen molar-refractivity contribution in [3.05, 3.63) is 24.3 Å². The summed E-state index contributed by atoms with van der Waals surface area (Å²) in [5.41, 5.74) is 8.41. The summed E-state index contributed by atoms with van der Waals surface area (Å²) in [6.45, 7) is 2.32. The van der Waals surface area contributed by atoms with Crippen LogP contribution in [0.2, 0.25) is 0 Å². The Morgan fingerprint density at radius 2 is 1.37 bits per heavy atom. The minimum absolute atomic E-state index is 0.296. The van der Waals surface area contributed by atoms with Gasteiger partial charge in [-0.2, -0.15) is 0 Å². The average Bonchev–Trinajstić information content (AvgIpc) is 2.73. The van der Waals surface area contributed by atoms with Gasteiger partial charge in [0.2, 0.25) is 0 Å². The van der Waals surface area contributed by atoms with Crippen molar-refractivity contribution in [2.45, 2.75) is 109 Å². The highest BCUT2D eigenvalue weighted by atomic mass is 15.0. The van der Waals surface area contributed by atoms with Gasteiger partial charge in [0, 0.05) is 16.9 Å². The number of unbranched alkanes of at least 4 members (excludes halogenated alkanes) is 3. The molecule has 0 radical (unpaired) electrons. The van der Waals surface area contributed by atoms with Crippen LogP contribution in [0.25, 0.3) is 0 Å². The zero-order chi connectivity index (χ0) is 19.0. The number of anilines is 2. The summed E-state index contributed by atoms with van der Waals surface area (Å²) in [4.78, 5) is 0. The monoisotopic (exact) mass is 370 g/mol. The van der Waals surface area contributed by atoms with E-state index < -0.39 is 0 Å². The van der Waals surface area contributed by atoms with Gasteiger partial charge in [-0.05, 0) is 68.2 Å². The van der Waals surface area contributed by atoms with E-state index in [0.717, 1.165) is 17.5 Å². The Kier molecular flexibility index (Phi) is 7.91. The highest BCUT2D eigenvalue weighted by Crippen LogP contribution is 2.47. The number of hydrogen-bond donors (Lipinski definition) is 2. The van der Waals surface area contributed by atoms with Crippen molar-refractivity contribution in [1.82, 2.24) is 0 Å². The van der Waals surface area contributed by atoms with E-state index in [9.17, 15) is 0 Å². The molecule has 2 aliphatic carbocycles. The highest BCUT2D eigenvalue weighted by Gasteiger charge is 2.45. The number of benzene rings is 1. The van der Waals surface area contributed by atoms with Gasteiger partial charge < -0.3 is 11.1 Å². The van der Waals surface area contributed by atoms with Gasteiger partial charge in [-0.15, -0.1) is 0 Å². The van der Waals surface area contributed by atoms with E-state index in [-0.39, 0.29) is 0 Å². The molecule has 0 bridgehead atoms. The summed E-state index contributed by atoms with van der Waals surface area (Å²) < 4.78 is 0. The molecule has 0 saturated heterocycles. The molecule has 3 N–H and O–H groups in total. The Labute approximate surface area is 167 Å². The lowest BCUT2D eigenvalue weighted by atomic mass is 9.62. The van der Waals surface area contributed by atoms with Crippen LogP contribution < -0.4 is 11.1 Å². The van der Waals surface area contributed by atoms with Crippen molar-refractivity contribution in [3.63, 3.8) is 0 Å². The van der Waals surface area contributed by atoms with Crippen LogP contribution in [-0.4, -0.2) is 5.54 Å². The first-order chi connectivity index (χ1) is 13.2. The molecule has 0 aliphatic heterocycles. The van der Waals surface area contributed by atoms with Crippen molar-refractivity contribution in [1.29, 1.82) is 0 Å². The summed E-state index contributed by atoms with van der Waals surface area (Å²) >= 11 is 0. The van der Waals surface area contributed by atoms with Crippen molar-refractivity contribution >= 4 is 11.4 Å². The normalized spacial score (nSPS) is 19.9. The third kappa shape index (κ3) is 5.42. The van der Waals surface area contributed by atoms with Crippen LogP contribution in [0.15, 0.2) is 24.3 Å². The van der Waals surface area contributed by atoms with Gasteiger partial charge in [-0.1, -0.05) is 71.1 Å². The topological polar surface area (TPSA) is 38.0 Å². The van der Waals surface area contributed by atoms with Gasteiger partial charge in [0.15, 0.2) is 0 Å². The van der Waals surface area contributed by atoms with E-state index in [1.54, 1.807) is 0 Å². The van der Waals surface area contributed by atoms with Gasteiger partial charge in [0.05, 0.1) is 0 Å². The maximum absolute atomic E-state index is 5.96. The van der Waals surface area contributed by atoms with Gasteiger partial charge >= 0.3 is 0 Å². The number of hydrogen-bond acceptors (Lipinski definition) is 2. The summed E-state index contributed by atoms with van der Waals surface area (Å²) in [6.07, 6.45) is 21.1. The molecule has 0 unspecified atom stereocenters. The lowest BCUT2D eigenvalue weighted by Crippen LogP contribution is -2.53. The number of nitrogens with one attached hydrogen (secondary N) is 1. The molecule has 2 aliphatic rings. The molecule has 0 amide bonds. The van der Waals surface area contributed by atoms with E-state index in [1.165, 1.54) is 102 Å². The SMILES string of the molecule is CCCCCCC(Nc1ccc(N)cc1)(C1CCCCC1)C1CCCCC1. The molecule has 152 valence electrons. The van der Waals surface area contributed by atoms with Gasteiger partial charge in [0.25, 0.3) is 0 Å². The second kappa shape index (κ2) is 10.4. The molecule has 2 nitrogen and oxygen atoms in total. The third-order valence-electron chi connectivity index (χ3n) is 7.40. The standard InChI is InChI=1S/C25H42N2/c1-2-3-4-11-20-25(21-12-7-5-8-13-21,22-14-9-6-10-15-22)27-24-18-16-23(26)17-19-24/h16-19,21-22,27H,2-15,20,26H2,1H3. The summed E-state index contributed by atoms with van der Waals surface area (Å²) in [7, 11) is 0. The van der Waals surface area contributed by atoms with E-state index in [2.05, 4.69) is 36.5 Å². The van der Waals surface area contributed by atoms with Crippen LogP contribution in [0.1, 0.15) is 103 Å². The second-order valence-corrected chi connectivity index (χ2v) is 9.27. The number of nitrogen functional groups attached to an aromatic ring is 1. The van der Waals surface area contributed by atoms with Gasteiger partial charge in [-0.25, -0.2) is 0 Å². The molecule has 0 atom stereocenters. The predicted octanol–water partition coefficient (Wildman–Crippen LogP) is 7.55. The van der Waals surface area contributed by atoms with Crippen LogP contribution in [0, 0.1) is 11.8 Å². The largest absolute Gasteiger partial charge is 0.399 e. The van der Waals surface area contributed by atoms with Crippen LogP contribution in [-0.2, 0) is 0 Å².